The summed E-state index contributed by atoms with van der Waals surface area (Å²) in [6, 6.07) is 0.355. The van der Waals surface area contributed by atoms with Crippen molar-refractivity contribution in [1.82, 2.24) is 5.32 Å². The summed E-state index contributed by atoms with van der Waals surface area (Å²) in [6.45, 7) is 9.49. The summed E-state index contributed by atoms with van der Waals surface area (Å²) in [6.07, 6.45) is 0.891. The zero-order valence-corrected chi connectivity index (χ0v) is 11.2. The van der Waals surface area contributed by atoms with Crippen molar-refractivity contribution >= 4 is 0 Å². The molecule has 4 heteroatoms. The molecule has 0 aliphatic rings. The van der Waals surface area contributed by atoms with Crippen molar-refractivity contribution in [1.29, 1.82) is 0 Å². The fraction of sp³-hybridized carbons (Fsp3) is 1.00. The third-order valence-electron chi connectivity index (χ3n) is 2.44. The van der Waals surface area contributed by atoms with Crippen LogP contribution in [0.15, 0.2) is 0 Å². The molecule has 2 unspecified atom stereocenters. The van der Waals surface area contributed by atoms with E-state index < -0.39 is 0 Å². The van der Waals surface area contributed by atoms with Crippen molar-refractivity contribution in [3.63, 3.8) is 0 Å². The van der Waals surface area contributed by atoms with Gasteiger partial charge in [-0.3, -0.25) is 0 Å². The second kappa shape index (κ2) is 8.01. The van der Waals surface area contributed by atoms with Gasteiger partial charge in [0.1, 0.15) is 0 Å². The molecular weight excluding hydrogens is 206 g/mol. The molecule has 16 heavy (non-hydrogen) atoms. The Kier molecular flexibility index (Phi) is 7.93. The second-order valence-electron chi connectivity index (χ2n) is 4.90. The number of rotatable bonds is 9. The van der Waals surface area contributed by atoms with Gasteiger partial charge in [-0.15, -0.1) is 0 Å². The molecule has 0 saturated heterocycles. The van der Waals surface area contributed by atoms with E-state index in [1.54, 1.807) is 7.11 Å². The molecule has 98 valence electrons. The molecule has 0 aromatic rings. The molecule has 0 rings (SSSR count). The molecular formula is C12H27NO3. The van der Waals surface area contributed by atoms with Crippen LogP contribution in [0.4, 0.5) is 0 Å². The quantitative estimate of drug-likeness (QED) is 0.628. The third kappa shape index (κ3) is 7.17. The average molecular weight is 233 g/mol. The fourth-order valence-corrected chi connectivity index (χ4v) is 1.66. The van der Waals surface area contributed by atoms with E-state index in [2.05, 4.69) is 19.2 Å². The molecule has 0 amide bonds. The highest BCUT2D eigenvalue weighted by Crippen LogP contribution is 2.10. The van der Waals surface area contributed by atoms with E-state index in [0.29, 0.717) is 19.3 Å². The van der Waals surface area contributed by atoms with Gasteiger partial charge in [0.2, 0.25) is 0 Å². The smallest absolute Gasteiger partial charge is 0.0780 e. The predicted octanol–water partition coefficient (Wildman–Crippen LogP) is 1.18. The standard InChI is InChI=1S/C12H27NO3/c1-10(2)13-12(4,9-14)6-7-16-11(3)8-15-5/h10-11,13-14H,6-9H2,1-5H3. The predicted molar refractivity (Wildman–Crippen MR) is 65.7 cm³/mol. The number of ether oxygens (including phenoxy) is 2. The first-order valence-corrected chi connectivity index (χ1v) is 5.92. The number of hydrogen-bond donors (Lipinski definition) is 2. The van der Waals surface area contributed by atoms with Crippen molar-refractivity contribution in [3.05, 3.63) is 0 Å². The van der Waals surface area contributed by atoms with Crippen LogP contribution in [0.5, 0.6) is 0 Å². The highest BCUT2D eigenvalue weighted by molar-refractivity contribution is 4.83. The van der Waals surface area contributed by atoms with Crippen LogP contribution in [0.1, 0.15) is 34.1 Å². The first-order chi connectivity index (χ1) is 7.43. The Bertz CT molecular complexity index is 176. The summed E-state index contributed by atoms with van der Waals surface area (Å²) in [5.41, 5.74) is -0.263. The van der Waals surface area contributed by atoms with Crippen LogP contribution in [0.25, 0.3) is 0 Å². The summed E-state index contributed by atoms with van der Waals surface area (Å²) in [5.74, 6) is 0. The average Bonchev–Trinajstić information content (AvgIpc) is 2.17. The van der Waals surface area contributed by atoms with Gasteiger partial charge in [-0.05, 0) is 20.3 Å². The Morgan fingerprint density at radius 3 is 2.38 bits per heavy atom. The van der Waals surface area contributed by atoms with E-state index in [-0.39, 0.29) is 18.2 Å². The van der Waals surface area contributed by atoms with Crippen LogP contribution in [-0.4, -0.2) is 49.7 Å². The zero-order chi connectivity index (χ0) is 12.6. The summed E-state index contributed by atoms with van der Waals surface area (Å²) < 4.78 is 10.6. The normalized spacial score (nSPS) is 17.4. The largest absolute Gasteiger partial charge is 0.394 e. The molecule has 0 saturated carbocycles. The van der Waals surface area contributed by atoms with E-state index in [1.165, 1.54) is 0 Å². The van der Waals surface area contributed by atoms with Crippen molar-refractivity contribution in [3.8, 4) is 0 Å². The minimum atomic E-state index is -0.263. The van der Waals surface area contributed by atoms with Gasteiger partial charge in [-0.25, -0.2) is 0 Å². The number of aliphatic hydroxyl groups is 1. The highest BCUT2D eigenvalue weighted by Gasteiger charge is 2.23. The molecule has 0 radical (unpaired) electrons. The summed E-state index contributed by atoms with van der Waals surface area (Å²) in [4.78, 5) is 0. The third-order valence-corrected chi connectivity index (χ3v) is 2.44. The molecule has 0 spiro atoms. The monoisotopic (exact) mass is 233 g/mol. The molecule has 0 bridgehead atoms. The van der Waals surface area contributed by atoms with Crippen LogP contribution in [0.2, 0.25) is 0 Å². The Hall–Kier alpha value is -0.160. The van der Waals surface area contributed by atoms with Crippen LogP contribution in [0, 0.1) is 0 Å². The van der Waals surface area contributed by atoms with Crippen LogP contribution in [0.3, 0.4) is 0 Å². The second-order valence-corrected chi connectivity index (χ2v) is 4.90. The number of methoxy groups -OCH3 is 1. The van der Waals surface area contributed by atoms with Crippen molar-refractivity contribution < 1.29 is 14.6 Å². The number of nitrogens with one attached hydrogen (secondary N) is 1. The van der Waals surface area contributed by atoms with Gasteiger partial charge < -0.3 is 19.9 Å². The van der Waals surface area contributed by atoms with E-state index >= 15 is 0 Å². The molecule has 0 aromatic carbocycles. The summed E-state index contributed by atoms with van der Waals surface area (Å²) >= 11 is 0. The molecule has 0 aliphatic carbocycles. The van der Waals surface area contributed by atoms with Crippen molar-refractivity contribution in [2.24, 2.45) is 0 Å². The Morgan fingerprint density at radius 2 is 1.94 bits per heavy atom. The first kappa shape index (κ1) is 15.8. The van der Waals surface area contributed by atoms with E-state index in [0.717, 1.165) is 6.42 Å². The van der Waals surface area contributed by atoms with Gasteiger partial charge in [-0.2, -0.15) is 0 Å². The molecule has 0 aliphatic heterocycles. The highest BCUT2D eigenvalue weighted by atomic mass is 16.5. The van der Waals surface area contributed by atoms with Gasteiger partial charge >= 0.3 is 0 Å². The van der Waals surface area contributed by atoms with Gasteiger partial charge in [0.25, 0.3) is 0 Å². The lowest BCUT2D eigenvalue weighted by molar-refractivity contribution is -0.00373. The zero-order valence-electron chi connectivity index (χ0n) is 11.2. The Balaban J connectivity index is 3.85. The van der Waals surface area contributed by atoms with Gasteiger partial charge in [0.15, 0.2) is 0 Å². The van der Waals surface area contributed by atoms with Gasteiger partial charge in [-0.1, -0.05) is 13.8 Å². The van der Waals surface area contributed by atoms with E-state index in [9.17, 15) is 5.11 Å². The number of hydrogen-bond acceptors (Lipinski definition) is 4. The van der Waals surface area contributed by atoms with E-state index in [4.69, 9.17) is 9.47 Å². The maximum absolute atomic E-state index is 9.36. The van der Waals surface area contributed by atoms with Crippen LogP contribution in [-0.2, 0) is 9.47 Å². The van der Waals surface area contributed by atoms with Crippen molar-refractivity contribution in [2.75, 3.05) is 26.9 Å². The summed E-state index contributed by atoms with van der Waals surface area (Å²) in [7, 11) is 1.66. The fourth-order valence-electron chi connectivity index (χ4n) is 1.66. The SMILES string of the molecule is COCC(C)OCCC(C)(CO)NC(C)C. The molecule has 4 nitrogen and oxygen atoms in total. The topological polar surface area (TPSA) is 50.7 Å². The van der Waals surface area contributed by atoms with Crippen LogP contribution >= 0.6 is 0 Å². The minimum Gasteiger partial charge on any atom is -0.394 e. The van der Waals surface area contributed by atoms with Gasteiger partial charge in [0.05, 0.1) is 19.3 Å². The van der Waals surface area contributed by atoms with E-state index in [1.807, 2.05) is 13.8 Å². The minimum absolute atomic E-state index is 0.104. The first-order valence-electron chi connectivity index (χ1n) is 5.92. The number of aliphatic hydroxyl groups excluding tert-OH is 1. The maximum Gasteiger partial charge on any atom is 0.0780 e. The van der Waals surface area contributed by atoms with Crippen LogP contribution < -0.4 is 5.32 Å². The lowest BCUT2D eigenvalue weighted by Crippen LogP contribution is -2.49. The molecule has 2 atom stereocenters. The molecule has 0 aromatic heterocycles. The molecule has 0 heterocycles. The van der Waals surface area contributed by atoms with Crippen molar-refractivity contribution in [2.45, 2.75) is 51.8 Å². The Morgan fingerprint density at radius 1 is 1.31 bits per heavy atom. The lowest BCUT2D eigenvalue weighted by atomic mass is 9.98. The lowest BCUT2D eigenvalue weighted by Gasteiger charge is -2.31. The maximum atomic E-state index is 9.36. The van der Waals surface area contributed by atoms with Gasteiger partial charge in [0, 0.05) is 25.3 Å². The Labute approximate surface area is 99.3 Å². The molecule has 2 N–H and O–H groups in total. The molecule has 0 fully saturated rings. The summed E-state index contributed by atoms with van der Waals surface area (Å²) in [5, 5.41) is 12.7.